The first-order chi connectivity index (χ1) is 5.41. The highest BCUT2D eigenvalue weighted by Gasteiger charge is 1.74. The minimum Gasteiger partial charge on any atom is -0.313 e. The monoisotopic (exact) mass is 151 g/mol. The van der Waals surface area contributed by atoms with Crippen LogP contribution in [0.15, 0.2) is 24.3 Å². The third-order valence-electron chi connectivity index (χ3n) is 1.32. The molecule has 0 saturated carbocycles. The normalized spacial score (nSPS) is 11.4. The quantitative estimate of drug-likeness (QED) is 0.342. The van der Waals surface area contributed by atoms with Crippen molar-refractivity contribution in [3.63, 3.8) is 0 Å². The number of nitrogens with one attached hydrogen (secondary N) is 1. The van der Waals surface area contributed by atoms with E-state index >= 15 is 0 Å². The molecule has 62 valence electrons. The summed E-state index contributed by atoms with van der Waals surface area (Å²) >= 11 is 0. The van der Waals surface area contributed by atoms with Gasteiger partial charge in [0.25, 0.3) is 0 Å². The molecule has 0 fully saturated rings. The Labute approximate surface area is 69.3 Å². The van der Waals surface area contributed by atoms with Gasteiger partial charge in [-0.15, -0.1) is 0 Å². The zero-order valence-corrected chi connectivity index (χ0v) is 7.22. The summed E-state index contributed by atoms with van der Waals surface area (Å²) in [6.45, 7) is 2.13. The van der Waals surface area contributed by atoms with Gasteiger partial charge < -0.3 is 5.41 Å². The molecular formula is C10H17N. The Hall–Kier alpha value is -0.850. The van der Waals surface area contributed by atoms with Gasteiger partial charge in [0.2, 0.25) is 0 Å². The average Bonchev–Trinajstić information content (AvgIpc) is 2.03. The molecule has 1 heteroatoms. The molecular weight excluding hydrogens is 134 g/mol. The summed E-state index contributed by atoms with van der Waals surface area (Å²) in [5, 5.41) is 6.78. The van der Waals surface area contributed by atoms with Crippen molar-refractivity contribution in [2.75, 3.05) is 0 Å². The molecule has 1 nitrogen and oxygen atoms in total. The zero-order valence-electron chi connectivity index (χ0n) is 7.22. The molecule has 0 amide bonds. The van der Waals surface area contributed by atoms with E-state index < -0.39 is 0 Å². The molecule has 0 radical (unpaired) electrons. The van der Waals surface area contributed by atoms with Crippen molar-refractivity contribution in [3.8, 4) is 0 Å². The van der Waals surface area contributed by atoms with Crippen molar-refractivity contribution in [2.45, 2.75) is 32.6 Å². The van der Waals surface area contributed by atoms with E-state index in [1.807, 2.05) is 0 Å². The molecule has 11 heavy (non-hydrogen) atoms. The molecule has 0 aromatic heterocycles. The lowest BCUT2D eigenvalue weighted by Crippen LogP contribution is -1.68. The summed E-state index contributed by atoms with van der Waals surface area (Å²) in [5.41, 5.74) is 0. The van der Waals surface area contributed by atoms with E-state index in [-0.39, 0.29) is 0 Å². The third kappa shape index (κ3) is 9.15. The Morgan fingerprint density at radius 2 is 1.73 bits per heavy atom. The molecule has 0 atom stereocenters. The molecule has 0 aliphatic carbocycles. The SMILES string of the molecule is CCC=CCC=CCCC=N. The highest BCUT2D eigenvalue weighted by atomic mass is 14.3. The Morgan fingerprint density at radius 1 is 1.00 bits per heavy atom. The van der Waals surface area contributed by atoms with Crippen molar-refractivity contribution < 1.29 is 0 Å². The molecule has 0 bridgehead atoms. The van der Waals surface area contributed by atoms with Gasteiger partial charge in [-0.25, -0.2) is 0 Å². The number of hydrogen-bond acceptors (Lipinski definition) is 1. The standard InChI is InChI=1S/C10H17N/c1-2-3-4-5-6-7-8-9-10-11/h3-4,6-7,10-11H,2,5,8-9H2,1H3. The van der Waals surface area contributed by atoms with Crippen LogP contribution in [0, 0.1) is 5.41 Å². The highest BCUT2D eigenvalue weighted by molar-refractivity contribution is 5.52. The second-order valence-electron chi connectivity index (χ2n) is 2.37. The van der Waals surface area contributed by atoms with Crippen LogP contribution in [0.5, 0.6) is 0 Å². The van der Waals surface area contributed by atoms with Crippen LogP contribution in [0.2, 0.25) is 0 Å². The van der Waals surface area contributed by atoms with Crippen molar-refractivity contribution in [1.29, 1.82) is 5.41 Å². The predicted molar refractivity (Wildman–Crippen MR) is 51.2 cm³/mol. The van der Waals surface area contributed by atoms with Gasteiger partial charge in [-0.2, -0.15) is 0 Å². The smallest absolute Gasteiger partial charge is 0.00447 e. The molecule has 0 rings (SSSR count). The Bertz CT molecular complexity index is 134. The van der Waals surface area contributed by atoms with Crippen LogP contribution in [0.1, 0.15) is 32.6 Å². The topological polar surface area (TPSA) is 23.9 Å². The minimum atomic E-state index is 0.869. The predicted octanol–water partition coefficient (Wildman–Crippen LogP) is 3.33. The molecule has 0 aromatic rings. The van der Waals surface area contributed by atoms with E-state index in [2.05, 4.69) is 31.2 Å². The molecule has 0 unspecified atom stereocenters. The summed E-state index contributed by atoms with van der Waals surface area (Å²) in [6.07, 6.45) is 14.1. The second-order valence-corrected chi connectivity index (χ2v) is 2.37. The minimum absolute atomic E-state index is 0.869. The van der Waals surface area contributed by atoms with Crippen LogP contribution in [-0.4, -0.2) is 6.21 Å². The Morgan fingerprint density at radius 3 is 2.36 bits per heavy atom. The summed E-state index contributed by atoms with van der Waals surface area (Å²) in [7, 11) is 0. The van der Waals surface area contributed by atoms with Crippen LogP contribution >= 0.6 is 0 Å². The molecule has 0 saturated heterocycles. The van der Waals surface area contributed by atoms with Gasteiger partial charge in [-0.3, -0.25) is 0 Å². The van der Waals surface area contributed by atoms with Gasteiger partial charge in [0.1, 0.15) is 0 Å². The lowest BCUT2D eigenvalue weighted by atomic mass is 10.2. The zero-order chi connectivity index (χ0) is 8.36. The maximum Gasteiger partial charge on any atom is -0.00447 e. The van der Waals surface area contributed by atoms with Crippen LogP contribution in [0.3, 0.4) is 0 Å². The fourth-order valence-corrected chi connectivity index (χ4v) is 0.735. The van der Waals surface area contributed by atoms with Crippen molar-refractivity contribution >= 4 is 6.21 Å². The second kappa shape index (κ2) is 9.15. The number of allylic oxidation sites excluding steroid dienone is 4. The molecule has 0 aromatic carbocycles. The van der Waals surface area contributed by atoms with Gasteiger partial charge in [-0.1, -0.05) is 31.2 Å². The summed E-state index contributed by atoms with van der Waals surface area (Å²) in [6, 6.07) is 0. The largest absolute Gasteiger partial charge is 0.313 e. The van der Waals surface area contributed by atoms with Crippen LogP contribution in [-0.2, 0) is 0 Å². The lowest BCUT2D eigenvalue weighted by molar-refractivity contribution is 1.10. The first-order valence-electron chi connectivity index (χ1n) is 4.20. The van der Waals surface area contributed by atoms with Gasteiger partial charge in [-0.05, 0) is 31.9 Å². The first-order valence-corrected chi connectivity index (χ1v) is 4.20. The average molecular weight is 151 g/mol. The number of unbranched alkanes of at least 4 members (excludes halogenated alkanes) is 1. The molecule has 0 heterocycles. The molecule has 0 aliphatic heterocycles. The summed E-state index contributed by atoms with van der Waals surface area (Å²) in [5.74, 6) is 0. The molecule has 0 spiro atoms. The summed E-state index contributed by atoms with van der Waals surface area (Å²) < 4.78 is 0. The van der Waals surface area contributed by atoms with Gasteiger partial charge in [0, 0.05) is 0 Å². The molecule has 0 aliphatic rings. The molecule has 1 N–H and O–H groups in total. The maximum absolute atomic E-state index is 6.78. The van der Waals surface area contributed by atoms with E-state index in [0.29, 0.717) is 0 Å². The fraction of sp³-hybridized carbons (Fsp3) is 0.500. The van der Waals surface area contributed by atoms with E-state index in [4.69, 9.17) is 5.41 Å². The van der Waals surface area contributed by atoms with Gasteiger partial charge in [0.15, 0.2) is 0 Å². The number of hydrogen-bond donors (Lipinski definition) is 1. The van der Waals surface area contributed by atoms with Crippen molar-refractivity contribution in [3.05, 3.63) is 24.3 Å². The third-order valence-corrected chi connectivity index (χ3v) is 1.32. The van der Waals surface area contributed by atoms with E-state index in [0.717, 1.165) is 25.7 Å². The van der Waals surface area contributed by atoms with Crippen LogP contribution < -0.4 is 0 Å². The van der Waals surface area contributed by atoms with Crippen LogP contribution in [0.4, 0.5) is 0 Å². The van der Waals surface area contributed by atoms with E-state index in [9.17, 15) is 0 Å². The highest BCUT2D eigenvalue weighted by Crippen LogP contribution is 1.92. The Balaban J connectivity index is 3.15. The van der Waals surface area contributed by atoms with Crippen molar-refractivity contribution in [1.82, 2.24) is 0 Å². The van der Waals surface area contributed by atoms with Gasteiger partial charge in [0.05, 0.1) is 0 Å². The van der Waals surface area contributed by atoms with Crippen molar-refractivity contribution in [2.24, 2.45) is 0 Å². The fourth-order valence-electron chi connectivity index (χ4n) is 0.735. The van der Waals surface area contributed by atoms with Gasteiger partial charge >= 0.3 is 0 Å². The van der Waals surface area contributed by atoms with E-state index in [1.165, 1.54) is 6.21 Å². The van der Waals surface area contributed by atoms with E-state index in [1.54, 1.807) is 0 Å². The maximum atomic E-state index is 6.78. The Kier molecular flexibility index (Phi) is 8.44. The first kappa shape index (κ1) is 10.2. The summed E-state index contributed by atoms with van der Waals surface area (Å²) in [4.78, 5) is 0. The lowest BCUT2D eigenvalue weighted by Gasteiger charge is -1.83. The number of rotatable bonds is 6. The van der Waals surface area contributed by atoms with Crippen LogP contribution in [0.25, 0.3) is 0 Å².